The molecule has 1 amide bonds. The molecule has 1 aromatic heterocycles. The molecule has 1 fully saturated rings. The Hall–Kier alpha value is -2.54. The van der Waals surface area contributed by atoms with Gasteiger partial charge in [-0.1, -0.05) is 6.07 Å². The number of carbonyl (C=O) groups is 1. The Morgan fingerprint density at radius 3 is 2.92 bits per heavy atom. The van der Waals surface area contributed by atoms with Crippen LogP contribution in [-0.4, -0.2) is 33.7 Å². The molecule has 1 aliphatic heterocycles. The highest BCUT2D eigenvalue weighted by molar-refractivity contribution is 5.76. The average molecular weight is 357 g/mol. The van der Waals surface area contributed by atoms with Gasteiger partial charge in [-0.15, -0.1) is 0 Å². The highest BCUT2D eigenvalue weighted by atomic mass is 16.7. The second-order valence-corrected chi connectivity index (χ2v) is 7.07. The summed E-state index contributed by atoms with van der Waals surface area (Å²) in [6.07, 6.45) is 5.90. The van der Waals surface area contributed by atoms with Crippen molar-refractivity contribution in [2.24, 2.45) is 13.0 Å². The van der Waals surface area contributed by atoms with Gasteiger partial charge >= 0.3 is 0 Å². The Bertz CT molecular complexity index is 798. The van der Waals surface area contributed by atoms with Gasteiger partial charge in [0.2, 0.25) is 12.7 Å². The van der Waals surface area contributed by atoms with E-state index in [1.54, 1.807) is 10.9 Å². The standard InChI is InChI=1S/C19H23N3O4/c1-22-10-14(9-20-22)19(13-7-15(23)8-13)21-18(24)5-3-12-2-4-16-17(6-12)26-11-25-16/h2,4,6,9-10,13,15,19,23H,3,5,7-8,11H2,1H3,(H,21,24)/t13?,15?,19-/m1/s1. The normalized spacial score (nSPS) is 21.9. The predicted octanol–water partition coefficient (Wildman–Crippen LogP) is 1.71. The summed E-state index contributed by atoms with van der Waals surface area (Å²) >= 11 is 0. The van der Waals surface area contributed by atoms with E-state index < -0.39 is 0 Å². The second-order valence-electron chi connectivity index (χ2n) is 7.07. The molecule has 1 aliphatic carbocycles. The van der Waals surface area contributed by atoms with Crippen LogP contribution in [0.25, 0.3) is 0 Å². The summed E-state index contributed by atoms with van der Waals surface area (Å²) in [5, 5.41) is 17.0. The molecule has 138 valence electrons. The van der Waals surface area contributed by atoms with E-state index >= 15 is 0 Å². The predicted molar refractivity (Wildman–Crippen MR) is 93.7 cm³/mol. The van der Waals surface area contributed by atoms with Crippen molar-refractivity contribution in [3.05, 3.63) is 41.7 Å². The molecular weight excluding hydrogens is 334 g/mol. The second kappa shape index (κ2) is 6.99. The van der Waals surface area contributed by atoms with Crippen LogP contribution in [0, 0.1) is 5.92 Å². The highest BCUT2D eigenvalue weighted by Gasteiger charge is 2.36. The summed E-state index contributed by atoms with van der Waals surface area (Å²) < 4.78 is 12.4. The van der Waals surface area contributed by atoms with Gasteiger partial charge in [-0.2, -0.15) is 5.10 Å². The van der Waals surface area contributed by atoms with E-state index in [1.165, 1.54) is 0 Å². The Labute approximate surface area is 151 Å². The summed E-state index contributed by atoms with van der Waals surface area (Å²) in [7, 11) is 1.86. The van der Waals surface area contributed by atoms with Crippen molar-refractivity contribution >= 4 is 5.91 Å². The number of aliphatic hydroxyl groups excluding tert-OH is 1. The molecule has 1 saturated carbocycles. The number of aliphatic hydroxyl groups is 1. The Morgan fingerprint density at radius 1 is 1.38 bits per heavy atom. The number of benzene rings is 1. The molecule has 26 heavy (non-hydrogen) atoms. The average Bonchev–Trinajstić information content (AvgIpc) is 3.23. The van der Waals surface area contributed by atoms with Crippen LogP contribution in [-0.2, 0) is 18.3 Å². The van der Waals surface area contributed by atoms with E-state index in [1.807, 2.05) is 31.4 Å². The lowest BCUT2D eigenvalue weighted by molar-refractivity contribution is -0.123. The summed E-state index contributed by atoms with van der Waals surface area (Å²) in [5.74, 6) is 1.74. The van der Waals surface area contributed by atoms with Crippen LogP contribution in [0.5, 0.6) is 11.5 Å². The van der Waals surface area contributed by atoms with Gasteiger partial charge < -0.3 is 19.9 Å². The quantitative estimate of drug-likeness (QED) is 0.822. The van der Waals surface area contributed by atoms with E-state index in [0.29, 0.717) is 25.7 Å². The van der Waals surface area contributed by atoms with Gasteiger partial charge in [0.1, 0.15) is 0 Å². The molecule has 2 aromatic rings. The summed E-state index contributed by atoms with van der Waals surface area (Å²) in [6, 6.07) is 5.67. The molecule has 0 bridgehead atoms. The largest absolute Gasteiger partial charge is 0.454 e. The van der Waals surface area contributed by atoms with Gasteiger partial charge in [0.25, 0.3) is 0 Å². The van der Waals surface area contributed by atoms with Crippen molar-refractivity contribution in [3.8, 4) is 11.5 Å². The molecule has 4 rings (SSSR count). The third-order valence-electron chi connectivity index (χ3n) is 5.10. The molecule has 1 atom stereocenters. The fourth-order valence-corrected chi connectivity index (χ4v) is 3.58. The minimum atomic E-state index is -0.260. The maximum absolute atomic E-state index is 12.5. The zero-order chi connectivity index (χ0) is 18.1. The Balaban J connectivity index is 1.37. The van der Waals surface area contributed by atoms with Gasteiger partial charge in [-0.25, -0.2) is 0 Å². The first-order chi connectivity index (χ1) is 12.6. The minimum Gasteiger partial charge on any atom is -0.454 e. The van der Waals surface area contributed by atoms with E-state index in [-0.39, 0.29) is 30.8 Å². The number of carbonyl (C=O) groups excluding carboxylic acids is 1. The fourth-order valence-electron chi connectivity index (χ4n) is 3.58. The number of nitrogens with one attached hydrogen (secondary N) is 1. The molecule has 7 nitrogen and oxygen atoms in total. The number of ether oxygens (including phenoxy) is 2. The van der Waals surface area contributed by atoms with Gasteiger partial charge in [0.05, 0.1) is 18.3 Å². The summed E-state index contributed by atoms with van der Waals surface area (Å²) in [5.41, 5.74) is 2.03. The summed E-state index contributed by atoms with van der Waals surface area (Å²) in [6.45, 7) is 0.249. The van der Waals surface area contributed by atoms with Crippen molar-refractivity contribution in [3.63, 3.8) is 0 Å². The van der Waals surface area contributed by atoms with E-state index in [9.17, 15) is 9.90 Å². The van der Waals surface area contributed by atoms with Crippen molar-refractivity contribution in [1.29, 1.82) is 0 Å². The van der Waals surface area contributed by atoms with Crippen LogP contribution < -0.4 is 14.8 Å². The third-order valence-corrected chi connectivity index (χ3v) is 5.10. The van der Waals surface area contributed by atoms with Crippen LogP contribution in [0.4, 0.5) is 0 Å². The monoisotopic (exact) mass is 357 g/mol. The molecule has 2 heterocycles. The molecular formula is C19H23N3O4. The number of hydrogen-bond donors (Lipinski definition) is 2. The van der Waals surface area contributed by atoms with E-state index in [4.69, 9.17) is 9.47 Å². The Kier molecular flexibility index (Phi) is 4.55. The van der Waals surface area contributed by atoms with Crippen molar-refractivity contribution in [2.45, 2.75) is 37.8 Å². The number of fused-ring (bicyclic) bond motifs is 1. The first kappa shape index (κ1) is 16.9. The van der Waals surface area contributed by atoms with E-state index in [2.05, 4.69) is 10.4 Å². The molecule has 0 unspecified atom stereocenters. The maximum atomic E-state index is 12.5. The van der Waals surface area contributed by atoms with Crippen LogP contribution >= 0.6 is 0 Å². The van der Waals surface area contributed by atoms with Crippen LogP contribution in [0.3, 0.4) is 0 Å². The number of aromatic nitrogens is 2. The molecule has 1 aromatic carbocycles. The molecule has 2 aliphatic rings. The smallest absolute Gasteiger partial charge is 0.231 e. The lowest BCUT2D eigenvalue weighted by atomic mass is 9.75. The SMILES string of the molecule is Cn1cc([C@H](NC(=O)CCc2ccc3c(c2)OCO3)C2CC(O)C2)cn1. The van der Waals surface area contributed by atoms with Gasteiger partial charge in [0.15, 0.2) is 11.5 Å². The number of rotatable bonds is 6. The zero-order valence-electron chi connectivity index (χ0n) is 14.7. The van der Waals surface area contributed by atoms with Crippen LogP contribution in [0.15, 0.2) is 30.6 Å². The molecule has 2 N–H and O–H groups in total. The van der Waals surface area contributed by atoms with Crippen molar-refractivity contribution < 1.29 is 19.4 Å². The fraction of sp³-hybridized carbons (Fsp3) is 0.474. The van der Waals surface area contributed by atoms with Gasteiger partial charge in [-0.3, -0.25) is 9.48 Å². The first-order valence-corrected chi connectivity index (χ1v) is 8.93. The van der Waals surface area contributed by atoms with Crippen LogP contribution in [0.1, 0.15) is 36.4 Å². The number of hydrogen-bond acceptors (Lipinski definition) is 5. The Morgan fingerprint density at radius 2 is 2.19 bits per heavy atom. The van der Waals surface area contributed by atoms with Crippen molar-refractivity contribution in [2.75, 3.05) is 6.79 Å². The maximum Gasteiger partial charge on any atom is 0.231 e. The molecule has 0 radical (unpaired) electrons. The first-order valence-electron chi connectivity index (χ1n) is 8.93. The van der Waals surface area contributed by atoms with Gasteiger partial charge in [0, 0.05) is 25.2 Å². The lowest BCUT2D eigenvalue weighted by Gasteiger charge is -2.37. The van der Waals surface area contributed by atoms with Gasteiger partial charge in [-0.05, 0) is 42.9 Å². The molecule has 0 spiro atoms. The van der Waals surface area contributed by atoms with Crippen LogP contribution in [0.2, 0.25) is 0 Å². The third kappa shape index (κ3) is 3.53. The minimum absolute atomic E-state index is 0.00194. The molecule has 7 heteroatoms. The lowest BCUT2D eigenvalue weighted by Crippen LogP contribution is -2.41. The topological polar surface area (TPSA) is 85.6 Å². The van der Waals surface area contributed by atoms with E-state index in [0.717, 1.165) is 22.6 Å². The number of aryl methyl sites for hydroxylation is 2. The molecule has 0 saturated heterocycles. The number of amides is 1. The van der Waals surface area contributed by atoms with Crippen molar-refractivity contribution in [1.82, 2.24) is 15.1 Å². The summed E-state index contributed by atoms with van der Waals surface area (Å²) in [4.78, 5) is 12.5. The number of nitrogens with zero attached hydrogens (tertiary/aromatic N) is 2. The zero-order valence-corrected chi connectivity index (χ0v) is 14.7. The highest BCUT2D eigenvalue weighted by Crippen LogP contribution is 2.38.